The molecule has 208 valence electrons. The highest BCUT2D eigenvalue weighted by atomic mass is 16.5. The zero-order chi connectivity index (χ0) is 28.2. The monoisotopic (exact) mass is 541 g/mol. The van der Waals surface area contributed by atoms with Crippen molar-refractivity contribution in [3.8, 4) is 17.2 Å². The number of methoxy groups -OCH3 is 1. The molecule has 1 amide bonds. The molecule has 3 aromatic carbocycles. The van der Waals surface area contributed by atoms with Crippen LogP contribution in [0, 0.1) is 0 Å². The van der Waals surface area contributed by atoms with E-state index in [4.69, 9.17) is 14.2 Å². The number of ether oxygens (including phenoxy) is 3. The number of hydrogen-bond acceptors (Lipinski definition) is 6. The summed E-state index contributed by atoms with van der Waals surface area (Å²) >= 11 is 0. The molecule has 5 rings (SSSR count). The third kappa shape index (κ3) is 5.41. The predicted octanol–water partition coefficient (Wildman–Crippen LogP) is 5.86. The average Bonchev–Trinajstić information content (AvgIpc) is 3.47. The van der Waals surface area contributed by atoms with Crippen LogP contribution in [0.4, 0.5) is 0 Å². The Hall–Kier alpha value is -4.26. The highest BCUT2D eigenvalue weighted by Crippen LogP contribution is 2.43. The van der Waals surface area contributed by atoms with Gasteiger partial charge in [0.25, 0.3) is 11.7 Å². The van der Waals surface area contributed by atoms with Crippen molar-refractivity contribution in [1.29, 1.82) is 0 Å². The first-order valence-corrected chi connectivity index (χ1v) is 13.8. The number of Topliss-reactive ketones (excluding diaryl/α,β-unsaturated/α-hetero) is 1. The molecule has 7 heteroatoms. The summed E-state index contributed by atoms with van der Waals surface area (Å²) in [5, 5.41) is 11.5. The van der Waals surface area contributed by atoms with Gasteiger partial charge in [-0.05, 0) is 66.8 Å². The summed E-state index contributed by atoms with van der Waals surface area (Å²) in [7, 11) is 1.56. The first-order valence-electron chi connectivity index (χ1n) is 13.8. The van der Waals surface area contributed by atoms with Gasteiger partial charge in [0.05, 0.1) is 25.3 Å². The smallest absolute Gasteiger partial charge is 0.295 e. The van der Waals surface area contributed by atoms with Gasteiger partial charge in [0.15, 0.2) is 11.5 Å². The Bertz CT molecular complexity index is 1430. The van der Waals surface area contributed by atoms with Crippen molar-refractivity contribution in [3.63, 3.8) is 0 Å². The predicted molar refractivity (Wildman–Crippen MR) is 153 cm³/mol. The van der Waals surface area contributed by atoms with Gasteiger partial charge in [-0.25, -0.2) is 0 Å². The normalized spacial score (nSPS) is 19.4. The SMILES string of the molecule is CCCCOc1ccc([C@@H]2/C(=C(\O)c3ccc4c(c3)C[C@H](C)O4)C(=O)C(=O)N2CCc2ccccc2)cc1OC. The molecule has 3 aromatic rings. The number of rotatable bonds is 10. The highest BCUT2D eigenvalue weighted by Gasteiger charge is 2.46. The van der Waals surface area contributed by atoms with Crippen molar-refractivity contribution >= 4 is 17.4 Å². The van der Waals surface area contributed by atoms with Crippen LogP contribution in [0.25, 0.3) is 5.76 Å². The minimum Gasteiger partial charge on any atom is -0.507 e. The molecule has 0 saturated carbocycles. The van der Waals surface area contributed by atoms with Gasteiger partial charge < -0.3 is 24.2 Å². The van der Waals surface area contributed by atoms with Crippen LogP contribution in [0.15, 0.2) is 72.3 Å². The zero-order valence-electron chi connectivity index (χ0n) is 23.2. The number of hydrogen-bond donors (Lipinski definition) is 1. The number of aliphatic hydroxyl groups excluding tert-OH is 1. The van der Waals surface area contributed by atoms with E-state index in [-0.39, 0.29) is 17.4 Å². The molecular formula is C33H35NO6. The first kappa shape index (κ1) is 27.3. The zero-order valence-corrected chi connectivity index (χ0v) is 23.2. The largest absolute Gasteiger partial charge is 0.507 e. The van der Waals surface area contributed by atoms with Gasteiger partial charge in [-0.15, -0.1) is 0 Å². The summed E-state index contributed by atoms with van der Waals surface area (Å²) in [6.45, 7) is 4.95. The van der Waals surface area contributed by atoms with E-state index in [0.717, 1.165) is 29.7 Å². The molecule has 0 spiro atoms. The number of aliphatic hydroxyl groups is 1. The summed E-state index contributed by atoms with van der Waals surface area (Å²) < 4.78 is 17.3. The number of unbranched alkanes of at least 4 members (excludes halogenated alkanes) is 1. The topological polar surface area (TPSA) is 85.3 Å². The standard InChI is InChI=1S/C33H35NO6/c1-4-5-17-39-27-14-11-23(20-28(27)38-3)30-29(31(35)24-12-13-26-25(19-24)18-21(2)40-26)32(36)33(37)34(30)16-15-22-9-7-6-8-10-22/h6-14,19-21,30,35H,4-5,15-18H2,1-3H3/b31-29+/t21-,30+/m0/s1. The fraction of sp³-hybridized carbons (Fsp3) is 0.333. The van der Waals surface area contributed by atoms with Crippen LogP contribution in [-0.2, 0) is 22.4 Å². The lowest BCUT2D eigenvalue weighted by Crippen LogP contribution is -2.31. The van der Waals surface area contributed by atoms with E-state index in [1.54, 1.807) is 36.3 Å². The average molecular weight is 542 g/mol. The van der Waals surface area contributed by atoms with Gasteiger partial charge in [-0.3, -0.25) is 9.59 Å². The summed E-state index contributed by atoms with van der Waals surface area (Å²) in [5.74, 6) is 0.327. The maximum Gasteiger partial charge on any atom is 0.295 e. The number of carbonyl (C=O) groups is 2. The Morgan fingerprint density at radius 3 is 2.60 bits per heavy atom. The number of benzene rings is 3. The third-order valence-corrected chi connectivity index (χ3v) is 7.45. The van der Waals surface area contributed by atoms with Gasteiger partial charge in [0.2, 0.25) is 0 Å². The molecule has 0 radical (unpaired) electrons. The van der Waals surface area contributed by atoms with Crippen LogP contribution in [0.2, 0.25) is 0 Å². The molecular weight excluding hydrogens is 506 g/mol. The van der Waals surface area contributed by atoms with E-state index in [1.165, 1.54) is 0 Å². The number of amides is 1. The summed E-state index contributed by atoms with van der Waals surface area (Å²) in [4.78, 5) is 28.5. The maximum atomic E-state index is 13.5. The van der Waals surface area contributed by atoms with Crippen molar-refractivity contribution in [2.45, 2.75) is 51.7 Å². The fourth-order valence-corrected chi connectivity index (χ4v) is 5.38. The quantitative estimate of drug-likeness (QED) is 0.150. The van der Waals surface area contributed by atoms with Gasteiger partial charge in [-0.2, -0.15) is 0 Å². The van der Waals surface area contributed by atoms with Crippen LogP contribution >= 0.6 is 0 Å². The Balaban J connectivity index is 1.57. The maximum absolute atomic E-state index is 13.5. The lowest BCUT2D eigenvalue weighted by atomic mass is 9.94. The minimum atomic E-state index is -0.786. The molecule has 1 N–H and O–H groups in total. The molecule has 2 aliphatic heterocycles. The van der Waals surface area contributed by atoms with Crippen molar-refractivity contribution < 1.29 is 28.9 Å². The van der Waals surface area contributed by atoms with Crippen LogP contribution in [0.1, 0.15) is 55.0 Å². The van der Waals surface area contributed by atoms with Crippen molar-refractivity contribution in [3.05, 3.63) is 94.6 Å². The van der Waals surface area contributed by atoms with Crippen LogP contribution in [0.5, 0.6) is 17.2 Å². The Morgan fingerprint density at radius 2 is 1.85 bits per heavy atom. The Morgan fingerprint density at radius 1 is 1.05 bits per heavy atom. The van der Waals surface area contributed by atoms with Crippen LogP contribution < -0.4 is 14.2 Å². The van der Waals surface area contributed by atoms with Gasteiger partial charge >= 0.3 is 0 Å². The Labute approximate surface area is 235 Å². The fourth-order valence-electron chi connectivity index (χ4n) is 5.38. The van der Waals surface area contributed by atoms with E-state index in [9.17, 15) is 14.7 Å². The second-order valence-electron chi connectivity index (χ2n) is 10.3. The lowest BCUT2D eigenvalue weighted by molar-refractivity contribution is -0.139. The highest BCUT2D eigenvalue weighted by molar-refractivity contribution is 6.46. The molecule has 2 aliphatic rings. The number of likely N-dealkylation sites (tertiary alicyclic amines) is 1. The van der Waals surface area contributed by atoms with Gasteiger partial charge in [0, 0.05) is 18.5 Å². The minimum absolute atomic E-state index is 0.0430. The lowest BCUT2D eigenvalue weighted by Gasteiger charge is -2.26. The molecule has 1 saturated heterocycles. The van der Waals surface area contributed by atoms with Crippen LogP contribution in [-0.4, -0.2) is 48.1 Å². The van der Waals surface area contributed by atoms with Crippen molar-refractivity contribution in [1.82, 2.24) is 4.90 Å². The molecule has 2 atom stereocenters. The van der Waals surface area contributed by atoms with Crippen molar-refractivity contribution in [2.24, 2.45) is 0 Å². The molecule has 0 aliphatic carbocycles. The van der Waals surface area contributed by atoms with E-state index < -0.39 is 17.7 Å². The number of fused-ring (bicyclic) bond motifs is 1. The summed E-state index contributed by atoms with van der Waals surface area (Å²) in [5.41, 5.74) is 3.21. The van der Waals surface area contributed by atoms with E-state index in [1.807, 2.05) is 49.4 Å². The second kappa shape index (κ2) is 11.9. The first-order chi connectivity index (χ1) is 19.4. The van der Waals surface area contributed by atoms with Gasteiger partial charge in [0.1, 0.15) is 17.6 Å². The van der Waals surface area contributed by atoms with E-state index in [2.05, 4.69) is 6.92 Å². The number of ketones is 1. The molecule has 0 aromatic heterocycles. The molecule has 1 fully saturated rings. The Kier molecular flexibility index (Phi) is 8.10. The van der Waals surface area contributed by atoms with Gasteiger partial charge in [-0.1, -0.05) is 49.7 Å². The molecule has 40 heavy (non-hydrogen) atoms. The van der Waals surface area contributed by atoms with Crippen LogP contribution in [0.3, 0.4) is 0 Å². The number of carbonyl (C=O) groups excluding carboxylic acids is 2. The summed E-state index contributed by atoms with van der Waals surface area (Å²) in [6, 6.07) is 19.8. The molecule has 7 nitrogen and oxygen atoms in total. The molecule has 2 heterocycles. The van der Waals surface area contributed by atoms with Crippen molar-refractivity contribution in [2.75, 3.05) is 20.3 Å². The summed E-state index contributed by atoms with van der Waals surface area (Å²) in [6.07, 6.45) is 3.23. The third-order valence-electron chi connectivity index (χ3n) is 7.45. The molecule has 0 bridgehead atoms. The van der Waals surface area contributed by atoms with E-state index in [0.29, 0.717) is 48.6 Å². The number of nitrogens with zero attached hydrogens (tertiary/aromatic N) is 1. The second-order valence-corrected chi connectivity index (χ2v) is 10.3. The van der Waals surface area contributed by atoms with E-state index >= 15 is 0 Å². The molecule has 0 unspecified atom stereocenters.